The van der Waals surface area contributed by atoms with Gasteiger partial charge in [0, 0.05) is 47.0 Å². The second kappa shape index (κ2) is 19.7. The van der Waals surface area contributed by atoms with Gasteiger partial charge in [-0.15, -0.1) is 11.8 Å². The number of thioether (sulfide) groups is 1. The number of hydrogen-bond acceptors (Lipinski definition) is 11. The summed E-state index contributed by atoms with van der Waals surface area (Å²) in [4.78, 5) is 29.9. The van der Waals surface area contributed by atoms with E-state index in [9.17, 15) is 23.3 Å². The Kier molecular flexibility index (Phi) is 14.9. The van der Waals surface area contributed by atoms with Crippen molar-refractivity contribution in [2.45, 2.75) is 41.5 Å². The molecule has 1 aliphatic heterocycles. The van der Waals surface area contributed by atoms with Gasteiger partial charge in [-0.1, -0.05) is 42.5 Å². The summed E-state index contributed by atoms with van der Waals surface area (Å²) in [6.45, 7) is 5.35. The molecule has 0 aromatic heterocycles. The summed E-state index contributed by atoms with van der Waals surface area (Å²) in [6.07, 6.45) is 3.55. The minimum absolute atomic E-state index is 0.116. The Hall–Kier alpha value is -4.47. The molecule has 1 saturated heterocycles. The molecule has 1 heterocycles. The first-order valence-corrected chi connectivity index (χ1v) is 20.5. The van der Waals surface area contributed by atoms with Crippen LogP contribution < -0.4 is 14.8 Å². The summed E-state index contributed by atoms with van der Waals surface area (Å²) in [5.41, 5.74) is 2.73. The summed E-state index contributed by atoms with van der Waals surface area (Å²) >= 11 is 1.64. The van der Waals surface area contributed by atoms with Crippen LogP contribution in [-0.2, 0) is 21.2 Å². The van der Waals surface area contributed by atoms with Crippen LogP contribution in [0.15, 0.2) is 101 Å². The van der Waals surface area contributed by atoms with Crippen LogP contribution in [0, 0.1) is 10.1 Å². The molecule has 12 nitrogen and oxygen atoms in total. The summed E-state index contributed by atoms with van der Waals surface area (Å²) < 4.78 is 39.9. The molecule has 14 heteroatoms. The van der Waals surface area contributed by atoms with E-state index in [2.05, 4.69) is 25.9 Å². The highest BCUT2D eigenvalue weighted by Crippen LogP contribution is 2.33. The van der Waals surface area contributed by atoms with Gasteiger partial charge < -0.3 is 19.7 Å². The molecule has 54 heavy (non-hydrogen) atoms. The number of anilines is 1. The third kappa shape index (κ3) is 11.8. The smallest absolute Gasteiger partial charge is 0.293 e. The van der Waals surface area contributed by atoms with Crippen LogP contribution in [0.2, 0.25) is 0 Å². The lowest BCUT2D eigenvalue weighted by atomic mass is 9.99. The summed E-state index contributed by atoms with van der Waals surface area (Å²) in [7, 11) is 1.16. The van der Waals surface area contributed by atoms with E-state index in [4.69, 9.17) is 9.47 Å². The zero-order valence-electron chi connectivity index (χ0n) is 31.0. The van der Waals surface area contributed by atoms with Gasteiger partial charge in [0.25, 0.3) is 21.6 Å². The molecule has 0 radical (unpaired) electrons. The SMILES string of the molecule is COc1cc(CCCN2CCOCC2)ccc1-c1ccc(C(=O)NS(=O)(=O)c2ccc(N[C@H](CCCN(C)C)CSc3ccccc3)c([N+](=O)[O-])c2)cc1. The number of aryl methyl sites for hydroxylation is 1. The number of carbonyl (C=O) groups excluding carboxylic acids is 1. The number of rotatable bonds is 19. The molecule has 5 rings (SSSR count). The van der Waals surface area contributed by atoms with Crippen LogP contribution in [0.5, 0.6) is 5.75 Å². The van der Waals surface area contributed by atoms with Gasteiger partial charge in [-0.05, 0) is 106 Å². The molecule has 4 aromatic rings. The average Bonchev–Trinajstić information content (AvgIpc) is 3.17. The molecule has 1 fully saturated rings. The number of nitro benzene ring substituents is 1. The number of hydrogen-bond donors (Lipinski definition) is 2. The predicted molar refractivity (Wildman–Crippen MR) is 214 cm³/mol. The largest absolute Gasteiger partial charge is 0.496 e. The third-order valence-electron chi connectivity index (χ3n) is 9.18. The maximum absolute atomic E-state index is 13.3. The number of nitrogens with one attached hydrogen (secondary N) is 2. The lowest BCUT2D eigenvalue weighted by Crippen LogP contribution is -2.36. The fourth-order valence-corrected chi connectivity index (χ4v) is 8.23. The number of benzene rings is 4. The molecule has 288 valence electrons. The highest BCUT2D eigenvalue weighted by Gasteiger charge is 2.25. The molecular weight excluding hydrogens is 727 g/mol. The Morgan fingerprint density at radius 1 is 1.00 bits per heavy atom. The first-order valence-electron chi connectivity index (χ1n) is 18.0. The molecule has 1 atom stereocenters. The zero-order chi connectivity index (χ0) is 38.5. The van der Waals surface area contributed by atoms with E-state index in [0.717, 1.165) is 92.7 Å². The second-order valence-corrected chi connectivity index (χ2v) is 16.2. The number of methoxy groups -OCH3 is 1. The van der Waals surface area contributed by atoms with E-state index in [1.165, 1.54) is 24.3 Å². The maximum atomic E-state index is 13.3. The summed E-state index contributed by atoms with van der Waals surface area (Å²) in [6, 6.07) is 26.0. The second-order valence-electron chi connectivity index (χ2n) is 13.5. The van der Waals surface area contributed by atoms with Crippen LogP contribution in [0.25, 0.3) is 11.1 Å². The first-order chi connectivity index (χ1) is 26.0. The number of carbonyl (C=O) groups is 1. The van der Waals surface area contributed by atoms with Gasteiger partial charge >= 0.3 is 0 Å². The topological polar surface area (TPSA) is 143 Å². The van der Waals surface area contributed by atoms with E-state index in [1.54, 1.807) is 31.0 Å². The van der Waals surface area contributed by atoms with Crippen molar-refractivity contribution in [1.29, 1.82) is 0 Å². The Morgan fingerprint density at radius 3 is 2.43 bits per heavy atom. The standard InChI is InChI=1S/C40H49N5O7S2/c1-43(2)21-8-10-33(29-53-34-11-5-4-6-12-34)41-37-20-18-35(28-38(37)45(47)48)54(49,50)42-40(46)32-16-14-31(15-17-32)36-19-13-30(27-39(36)51-3)9-7-22-44-23-25-52-26-24-44/h4-6,11-20,27-28,33,41H,7-10,21-26,29H2,1-3H3,(H,42,46)/t33-/m1/s1. The van der Waals surface area contributed by atoms with Crippen molar-refractivity contribution in [2.75, 3.05) is 71.7 Å². The summed E-state index contributed by atoms with van der Waals surface area (Å²) in [5.74, 6) is 0.498. The molecule has 4 aromatic carbocycles. The molecule has 1 aliphatic rings. The molecule has 0 spiro atoms. The van der Waals surface area contributed by atoms with Crippen molar-refractivity contribution in [2.24, 2.45) is 0 Å². The number of nitrogens with zero attached hydrogens (tertiary/aromatic N) is 3. The lowest BCUT2D eigenvalue weighted by molar-refractivity contribution is -0.384. The number of amides is 1. The van der Waals surface area contributed by atoms with E-state index in [-0.39, 0.29) is 22.2 Å². The maximum Gasteiger partial charge on any atom is 0.293 e. The van der Waals surface area contributed by atoms with Gasteiger partial charge in [0.05, 0.1) is 30.1 Å². The predicted octanol–water partition coefficient (Wildman–Crippen LogP) is 6.57. The Balaban J connectivity index is 1.24. The van der Waals surface area contributed by atoms with E-state index < -0.39 is 26.5 Å². The van der Waals surface area contributed by atoms with Crippen LogP contribution in [0.4, 0.5) is 11.4 Å². The van der Waals surface area contributed by atoms with Gasteiger partial charge in [-0.3, -0.25) is 19.8 Å². The highest BCUT2D eigenvalue weighted by atomic mass is 32.2. The zero-order valence-corrected chi connectivity index (χ0v) is 32.7. The number of ether oxygens (including phenoxy) is 2. The quantitative estimate of drug-likeness (QED) is 0.0607. The fraction of sp³-hybridized carbons (Fsp3) is 0.375. The van der Waals surface area contributed by atoms with E-state index >= 15 is 0 Å². The number of nitro groups is 1. The molecule has 0 unspecified atom stereocenters. The molecular formula is C40H49N5O7S2. The van der Waals surface area contributed by atoms with Crippen molar-refractivity contribution < 1.29 is 27.6 Å². The minimum Gasteiger partial charge on any atom is -0.496 e. The van der Waals surface area contributed by atoms with Crippen LogP contribution in [-0.4, -0.2) is 101 Å². The Labute approximate surface area is 322 Å². The molecule has 0 aliphatic carbocycles. The van der Waals surface area contributed by atoms with Crippen molar-refractivity contribution >= 4 is 39.1 Å². The van der Waals surface area contributed by atoms with Crippen molar-refractivity contribution in [3.05, 3.63) is 112 Å². The Morgan fingerprint density at radius 2 is 1.74 bits per heavy atom. The van der Waals surface area contributed by atoms with Crippen molar-refractivity contribution in [3.8, 4) is 16.9 Å². The minimum atomic E-state index is -4.44. The lowest BCUT2D eigenvalue weighted by Gasteiger charge is -2.26. The molecule has 1 amide bonds. The highest BCUT2D eigenvalue weighted by molar-refractivity contribution is 7.99. The average molecular weight is 776 g/mol. The van der Waals surface area contributed by atoms with Gasteiger partial charge in [-0.2, -0.15) is 0 Å². The van der Waals surface area contributed by atoms with Gasteiger partial charge in [0.2, 0.25) is 0 Å². The first kappa shape index (κ1) is 40.7. The monoisotopic (exact) mass is 775 g/mol. The van der Waals surface area contributed by atoms with Gasteiger partial charge in [0.1, 0.15) is 11.4 Å². The third-order valence-corrected chi connectivity index (χ3v) is 11.7. The van der Waals surface area contributed by atoms with Crippen LogP contribution >= 0.6 is 11.8 Å². The van der Waals surface area contributed by atoms with Crippen molar-refractivity contribution in [1.82, 2.24) is 14.5 Å². The molecule has 2 N–H and O–H groups in total. The van der Waals surface area contributed by atoms with Crippen LogP contribution in [0.1, 0.15) is 35.2 Å². The fourth-order valence-electron chi connectivity index (χ4n) is 6.24. The van der Waals surface area contributed by atoms with Gasteiger partial charge in [0.15, 0.2) is 0 Å². The number of morpholine rings is 1. The molecule has 0 bridgehead atoms. The normalized spacial score (nSPS) is 14.1. The number of sulfonamides is 1. The van der Waals surface area contributed by atoms with E-state index in [1.807, 2.05) is 56.6 Å². The summed E-state index contributed by atoms with van der Waals surface area (Å²) in [5, 5.41) is 15.5. The molecule has 0 saturated carbocycles. The van der Waals surface area contributed by atoms with E-state index in [0.29, 0.717) is 11.5 Å². The van der Waals surface area contributed by atoms with Gasteiger partial charge in [-0.25, -0.2) is 13.1 Å². The van der Waals surface area contributed by atoms with Crippen molar-refractivity contribution in [3.63, 3.8) is 0 Å². The Bertz CT molecular complexity index is 1960. The van der Waals surface area contributed by atoms with Crippen LogP contribution in [0.3, 0.4) is 0 Å².